The summed E-state index contributed by atoms with van der Waals surface area (Å²) in [5.74, 6) is 0.376. The van der Waals surface area contributed by atoms with Crippen LogP contribution in [-0.4, -0.2) is 30.8 Å². The Bertz CT molecular complexity index is 492. The van der Waals surface area contributed by atoms with Gasteiger partial charge in [-0.2, -0.15) is 18.4 Å². The molecule has 0 radical (unpaired) electrons. The summed E-state index contributed by atoms with van der Waals surface area (Å²) in [4.78, 5) is 1.32. The molecule has 6 heteroatoms. The van der Waals surface area contributed by atoms with Crippen LogP contribution < -0.4 is 4.74 Å². The van der Waals surface area contributed by atoms with Crippen molar-refractivity contribution in [2.75, 3.05) is 13.7 Å². The highest BCUT2D eigenvalue weighted by Crippen LogP contribution is 2.23. The molecule has 0 saturated carbocycles. The molecule has 0 fully saturated rings. The van der Waals surface area contributed by atoms with Crippen molar-refractivity contribution in [3.63, 3.8) is 0 Å². The maximum absolute atomic E-state index is 12.5. The van der Waals surface area contributed by atoms with Gasteiger partial charge in [0.05, 0.1) is 19.2 Å². The van der Waals surface area contributed by atoms with Crippen LogP contribution in [0, 0.1) is 11.3 Å². The summed E-state index contributed by atoms with van der Waals surface area (Å²) in [7, 11) is 1.43. The molecule has 0 aliphatic carbocycles. The molecule has 0 aliphatic heterocycles. The standard InChI is InChI=1S/C14H17F3N2O/c1-10(2)19(9-14(15,16)17)8-11-4-5-12(7-18)13(6-11)20-3/h4-6,10H,8-9H2,1-3H3. The number of rotatable bonds is 5. The van der Waals surface area contributed by atoms with Crippen molar-refractivity contribution in [1.82, 2.24) is 4.90 Å². The molecule has 1 rings (SSSR count). The summed E-state index contributed by atoms with van der Waals surface area (Å²) >= 11 is 0. The Hall–Kier alpha value is -1.74. The van der Waals surface area contributed by atoms with Crippen molar-refractivity contribution in [2.45, 2.75) is 32.6 Å². The average molecular weight is 286 g/mol. The van der Waals surface area contributed by atoms with E-state index in [0.717, 1.165) is 0 Å². The minimum atomic E-state index is -4.24. The highest BCUT2D eigenvalue weighted by atomic mass is 19.4. The van der Waals surface area contributed by atoms with Crippen molar-refractivity contribution in [3.05, 3.63) is 29.3 Å². The molecule has 0 aromatic heterocycles. The highest BCUT2D eigenvalue weighted by Gasteiger charge is 2.31. The molecule has 0 N–H and O–H groups in total. The third-order valence-electron chi connectivity index (χ3n) is 2.88. The second-order valence-corrected chi connectivity index (χ2v) is 4.76. The van der Waals surface area contributed by atoms with Crippen LogP contribution in [0.15, 0.2) is 18.2 Å². The van der Waals surface area contributed by atoms with E-state index in [1.165, 1.54) is 12.0 Å². The number of ether oxygens (including phenoxy) is 1. The van der Waals surface area contributed by atoms with E-state index in [1.54, 1.807) is 32.0 Å². The van der Waals surface area contributed by atoms with Gasteiger partial charge in [0, 0.05) is 12.6 Å². The first-order valence-corrected chi connectivity index (χ1v) is 6.14. The van der Waals surface area contributed by atoms with E-state index in [1.807, 2.05) is 6.07 Å². The predicted molar refractivity (Wildman–Crippen MR) is 69.3 cm³/mol. The van der Waals surface area contributed by atoms with Gasteiger partial charge in [0.1, 0.15) is 11.8 Å². The quantitative estimate of drug-likeness (QED) is 0.833. The second kappa shape index (κ2) is 6.62. The van der Waals surface area contributed by atoms with Crippen molar-refractivity contribution in [2.24, 2.45) is 0 Å². The second-order valence-electron chi connectivity index (χ2n) is 4.76. The number of halogens is 3. The number of hydrogen-bond acceptors (Lipinski definition) is 3. The van der Waals surface area contributed by atoms with Gasteiger partial charge in [0.25, 0.3) is 0 Å². The summed E-state index contributed by atoms with van der Waals surface area (Å²) in [5.41, 5.74) is 1.04. The topological polar surface area (TPSA) is 36.3 Å². The molecule has 0 amide bonds. The number of alkyl halides is 3. The van der Waals surface area contributed by atoms with Gasteiger partial charge in [-0.3, -0.25) is 4.90 Å². The molecule has 0 saturated heterocycles. The Balaban J connectivity index is 2.92. The van der Waals surface area contributed by atoms with Crippen LogP contribution in [0.1, 0.15) is 25.0 Å². The first-order valence-electron chi connectivity index (χ1n) is 6.14. The summed E-state index contributed by atoms with van der Waals surface area (Å²) in [6, 6.07) is 6.53. The van der Waals surface area contributed by atoms with Crippen LogP contribution in [0.5, 0.6) is 5.75 Å². The van der Waals surface area contributed by atoms with Gasteiger partial charge in [0.2, 0.25) is 0 Å². The fraction of sp³-hybridized carbons (Fsp3) is 0.500. The molecule has 0 atom stereocenters. The normalized spacial score (nSPS) is 11.8. The lowest BCUT2D eigenvalue weighted by molar-refractivity contribution is -0.150. The SMILES string of the molecule is COc1cc(CN(CC(F)(F)F)C(C)C)ccc1C#N. The Morgan fingerprint density at radius 2 is 2.00 bits per heavy atom. The monoisotopic (exact) mass is 286 g/mol. The van der Waals surface area contributed by atoms with E-state index in [0.29, 0.717) is 16.9 Å². The molecule has 0 spiro atoms. The zero-order valence-electron chi connectivity index (χ0n) is 11.7. The lowest BCUT2D eigenvalue weighted by Crippen LogP contribution is -2.38. The summed E-state index contributed by atoms with van der Waals surface area (Å²) in [5, 5.41) is 8.87. The number of nitrogens with zero attached hydrogens (tertiary/aromatic N) is 2. The first kappa shape index (κ1) is 16.3. The Morgan fingerprint density at radius 1 is 1.35 bits per heavy atom. The number of nitriles is 1. The predicted octanol–water partition coefficient (Wildman–Crippen LogP) is 3.34. The average Bonchev–Trinajstić information content (AvgIpc) is 2.36. The summed E-state index contributed by atoms with van der Waals surface area (Å²) in [6.45, 7) is 2.62. The molecular formula is C14H17F3N2O. The van der Waals surface area contributed by atoms with Gasteiger partial charge in [-0.1, -0.05) is 6.07 Å². The van der Waals surface area contributed by atoms with Crippen LogP contribution in [0.25, 0.3) is 0 Å². The van der Waals surface area contributed by atoms with Crippen molar-refractivity contribution in [3.8, 4) is 11.8 Å². The minimum Gasteiger partial charge on any atom is -0.495 e. The zero-order valence-corrected chi connectivity index (χ0v) is 11.7. The maximum Gasteiger partial charge on any atom is 0.401 e. The number of hydrogen-bond donors (Lipinski definition) is 0. The largest absolute Gasteiger partial charge is 0.495 e. The third-order valence-corrected chi connectivity index (χ3v) is 2.88. The first-order chi connectivity index (χ1) is 9.26. The fourth-order valence-electron chi connectivity index (χ4n) is 1.81. The zero-order chi connectivity index (χ0) is 15.3. The summed E-state index contributed by atoms with van der Waals surface area (Å²) in [6.07, 6.45) is -4.24. The van der Waals surface area contributed by atoms with Gasteiger partial charge in [-0.15, -0.1) is 0 Å². The van der Waals surface area contributed by atoms with Gasteiger partial charge in [-0.05, 0) is 31.5 Å². The minimum absolute atomic E-state index is 0.152. The molecule has 20 heavy (non-hydrogen) atoms. The maximum atomic E-state index is 12.5. The van der Waals surface area contributed by atoms with Crippen LogP contribution >= 0.6 is 0 Å². The molecular weight excluding hydrogens is 269 g/mol. The van der Waals surface area contributed by atoms with Crippen molar-refractivity contribution in [1.29, 1.82) is 5.26 Å². The fourth-order valence-corrected chi connectivity index (χ4v) is 1.81. The van der Waals surface area contributed by atoms with E-state index >= 15 is 0 Å². The van der Waals surface area contributed by atoms with E-state index < -0.39 is 12.7 Å². The molecule has 110 valence electrons. The Morgan fingerprint density at radius 3 is 2.45 bits per heavy atom. The molecule has 0 heterocycles. The molecule has 0 aliphatic rings. The highest BCUT2D eigenvalue weighted by molar-refractivity contribution is 5.45. The Labute approximate surface area is 116 Å². The van der Waals surface area contributed by atoms with Crippen molar-refractivity contribution >= 4 is 0 Å². The smallest absolute Gasteiger partial charge is 0.401 e. The lowest BCUT2D eigenvalue weighted by atomic mass is 10.1. The van der Waals surface area contributed by atoms with Crippen LogP contribution in [-0.2, 0) is 6.54 Å². The van der Waals surface area contributed by atoms with Crippen LogP contribution in [0.2, 0.25) is 0 Å². The van der Waals surface area contributed by atoms with Gasteiger partial charge in [0.15, 0.2) is 0 Å². The molecule has 0 bridgehead atoms. The lowest BCUT2D eigenvalue weighted by Gasteiger charge is -2.27. The molecule has 1 aromatic carbocycles. The van der Waals surface area contributed by atoms with Gasteiger partial charge < -0.3 is 4.74 Å². The molecule has 1 aromatic rings. The molecule has 0 unspecified atom stereocenters. The molecule has 3 nitrogen and oxygen atoms in total. The van der Waals surface area contributed by atoms with E-state index in [9.17, 15) is 13.2 Å². The van der Waals surface area contributed by atoms with Crippen LogP contribution in [0.3, 0.4) is 0 Å². The van der Waals surface area contributed by atoms with E-state index in [2.05, 4.69) is 0 Å². The Kier molecular flexibility index (Phi) is 5.40. The van der Waals surface area contributed by atoms with Gasteiger partial charge in [-0.25, -0.2) is 0 Å². The van der Waals surface area contributed by atoms with Crippen LogP contribution in [0.4, 0.5) is 13.2 Å². The summed E-state index contributed by atoms with van der Waals surface area (Å²) < 4.78 is 42.6. The van der Waals surface area contributed by atoms with Gasteiger partial charge >= 0.3 is 6.18 Å². The third kappa shape index (κ3) is 4.74. The van der Waals surface area contributed by atoms with Crippen molar-refractivity contribution < 1.29 is 17.9 Å². The number of methoxy groups -OCH3 is 1. The number of benzene rings is 1. The van der Waals surface area contributed by atoms with E-state index in [-0.39, 0.29) is 12.6 Å². The van der Waals surface area contributed by atoms with E-state index in [4.69, 9.17) is 10.00 Å².